The molecule has 0 aliphatic heterocycles. The fraction of sp³-hybridized carbons (Fsp3) is 0.250. The minimum Gasteiger partial charge on any atom is -0.278 e. The first-order valence-electron chi connectivity index (χ1n) is 6.81. The second-order valence-corrected chi connectivity index (χ2v) is 5.39. The molecule has 0 spiro atoms. The number of halogens is 1. The Morgan fingerprint density at radius 1 is 1.30 bits per heavy atom. The van der Waals surface area contributed by atoms with Crippen molar-refractivity contribution in [3.8, 4) is 0 Å². The van der Waals surface area contributed by atoms with E-state index in [2.05, 4.69) is 27.7 Å². The third kappa shape index (κ3) is 2.99. The van der Waals surface area contributed by atoms with E-state index in [0.29, 0.717) is 10.9 Å². The fourth-order valence-electron chi connectivity index (χ4n) is 2.38. The SMILES string of the molecule is Clc1ccc2c(N/N=C\[C@H]3CC=CCC3)ccnc2c1. The summed E-state index contributed by atoms with van der Waals surface area (Å²) in [6.07, 6.45) is 11.6. The summed E-state index contributed by atoms with van der Waals surface area (Å²) >= 11 is 5.98. The number of hydrogen-bond acceptors (Lipinski definition) is 3. The van der Waals surface area contributed by atoms with Gasteiger partial charge in [0.25, 0.3) is 0 Å². The minimum absolute atomic E-state index is 0.537. The first-order valence-corrected chi connectivity index (χ1v) is 7.19. The van der Waals surface area contributed by atoms with E-state index in [1.807, 2.05) is 30.5 Å². The van der Waals surface area contributed by atoms with Crippen LogP contribution >= 0.6 is 11.6 Å². The molecule has 1 aliphatic rings. The van der Waals surface area contributed by atoms with E-state index in [-0.39, 0.29) is 0 Å². The average Bonchev–Trinajstić information content (AvgIpc) is 2.48. The summed E-state index contributed by atoms with van der Waals surface area (Å²) in [5, 5.41) is 6.09. The molecular formula is C16H16ClN3. The second kappa shape index (κ2) is 6.06. The Morgan fingerprint density at radius 3 is 3.10 bits per heavy atom. The lowest BCUT2D eigenvalue weighted by atomic mass is 9.96. The van der Waals surface area contributed by atoms with Gasteiger partial charge in [-0.25, -0.2) is 0 Å². The lowest BCUT2D eigenvalue weighted by Crippen LogP contribution is -2.05. The smallest absolute Gasteiger partial charge is 0.0738 e. The summed E-state index contributed by atoms with van der Waals surface area (Å²) < 4.78 is 0. The molecule has 0 saturated carbocycles. The van der Waals surface area contributed by atoms with Gasteiger partial charge in [-0.05, 0) is 49.4 Å². The first-order chi connectivity index (χ1) is 9.83. The predicted molar refractivity (Wildman–Crippen MR) is 85.3 cm³/mol. The van der Waals surface area contributed by atoms with Gasteiger partial charge < -0.3 is 0 Å². The van der Waals surface area contributed by atoms with Crippen molar-refractivity contribution < 1.29 is 0 Å². The van der Waals surface area contributed by atoms with E-state index >= 15 is 0 Å². The van der Waals surface area contributed by atoms with E-state index in [1.165, 1.54) is 6.42 Å². The van der Waals surface area contributed by atoms with Crippen molar-refractivity contribution in [1.29, 1.82) is 0 Å². The number of allylic oxidation sites excluding steroid dienone is 2. The molecule has 0 fully saturated rings. The average molecular weight is 286 g/mol. The molecule has 20 heavy (non-hydrogen) atoms. The normalized spacial score (nSPS) is 18.8. The highest BCUT2D eigenvalue weighted by Crippen LogP contribution is 2.24. The van der Waals surface area contributed by atoms with Gasteiger partial charge in [0.05, 0.1) is 11.2 Å². The summed E-state index contributed by atoms with van der Waals surface area (Å²) in [5.74, 6) is 0.537. The van der Waals surface area contributed by atoms with Crippen LogP contribution in [0.1, 0.15) is 19.3 Å². The number of benzene rings is 1. The molecule has 0 amide bonds. The summed E-state index contributed by atoms with van der Waals surface area (Å²) in [5.41, 5.74) is 4.94. The quantitative estimate of drug-likeness (QED) is 0.507. The number of nitrogens with zero attached hydrogens (tertiary/aromatic N) is 2. The molecule has 1 atom stereocenters. The van der Waals surface area contributed by atoms with Crippen LogP contribution < -0.4 is 5.43 Å². The Morgan fingerprint density at radius 2 is 2.25 bits per heavy atom. The molecule has 3 rings (SSSR count). The van der Waals surface area contributed by atoms with Gasteiger partial charge in [0.15, 0.2) is 0 Å². The van der Waals surface area contributed by atoms with E-state index in [0.717, 1.165) is 29.4 Å². The van der Waals surface area contributed by atoms with Crippen LogP contribution in [0.25, 0.3) is 10.9 Å². The molecule has 1 heterocycles. The van der Waals surface area contributed by atoms with E-state index in [9.17, 15) is 0 Å². The van der Waals surface area contributed by atoms with Gasteiger partial charge >= 0.3 is 0 Å². The summed E-state index contributed by atoms with van der Waals surface area (Å²) in [6.45, 7) is 0. The maximum Gasteiger partial charge on any atom is 0.0738 e. The molecule has 0 bridgehead atoms. The highest BCUT2D eigenvalue weighted by molar-refractivity contribution is 6.31. The van der Waals surface area contributed by atoms with Crippen LogP contribution in [0.5, 0.6) is 0 Å². The van der Waals surface area contributed by atoms with Crippen molar-refractivity contribution in [1.82, 2.24) is 4.98 Å². The van der Waals surface area contributed by atoms with Gasteiger partial charge in [-0.3, -0.25) is 10.4 Å². The summed E-state index contributed by atoms with van der Waals surface area (Å²) in [7, 11) is 0. The zero-order valence-electron chi connectivity index (χ0n) is 11.1. The van der Waals surface area contributed by atoms with Crippen molar-refractivity contribution in [3.05, 3.63) is 47.6 Å². The molecular weight excluding hydrogens is 270 g/mol. The third-order valence-corrected chi connectivity index (χ3v) is 3.72. The van der Waals surface area contributed by atoms with Gasteiger partial charge in [0.2, 0.25) is 0 Å². The van der Waals surface area contributed by atoms with Crippen molar-refractivity contribution in [2.24, 2.45) is 11.0 Å². The highest BCUT2D eigenvalue weighted by Gasteiger charge is 2.06. The van der Waals surface area contributed by atoms with Crippen LogP contribution in [-0.2, 0) is 0 Å². The third-order valence-electron chi connectivity index (χ3n) is 3.48. The van der Waals surface area contributed by atoms with Gasteiger partial charge in [0.1, 0.15) is 0 Å². The fourth-order valence-corrected chi connectivity index (χ4v) is 2.55. The number of nitrogens with one attached hydrogen (secondary N) is 1. The largest absolute Gasteiger partial charge is 0.278 e. The summed E-state index contributed by atoms with van der Waals surface area (Å²) in [4.78, 5) is 4.32. The molecule has 1 N–H and O–H groups in total. The first kappa shape index (κ1) is 13.1. The van der Waals surface area contributed by atoms with Crippen LogP contribution in [-0.4, -0.2) is 11.2 Å². The number of hydrogen-bond donors (Lipinski definition) is 1. The lowest BCUT2D eigenvalue weighted by Gasteiger charge is -2.12. The van der Waals surface area contributed by atoms with Crippen LogP contribution in [0.2, 0.25) is 5.02 Å². The Bertz CT molecular complexity index is 664. The standard InChI is InChI=1S/C16H16ClN3/c17-13-6-7-14-15(8-9-18-16(14)10-13)20-19-11-12-4-2-1-3-5-12/h1-2,6-12H,3-5H2,(H,18,20)/b19-11-/t12-/m0/s1. The van der Waals surface area contributed by atoms with Gasteiger partial charge in [0, 0.05) is 22.8 Å². The van der Waals surface area contributed by atoms with Crippen LogP contribution in [0.15, 0.2) is 47.7 Å². The minimum atomic E-state index is 0.537. The Hall–Kier alpha value is -1.87. The predicted octanol–water partition coefficient (Wildman–Crippen LogP) is 4.64. The monoisotopic (exact) mass is 285 g/mol. The van der Waals surface area contributed by atoms with Crippen molar-refractivity contribution in [2.45, 2.75) is 19.3 Å². The zero-order valence-corrected chi connectivity index (χ0v) is 11.8. The lowest BCUT2D eigenvalue weighted by molar-refractivity contribution is 0.627. The number of anilines is 1. The number of fused-ring (bicyclic) bond motifs is 1. The molecule has 1 aromatic heterocycles. The Labute approximate surface area is 123 Å². The molecule has 0 saturated heterocycles. The number of hydrazone groups is 1. The molecule has 0 unspecified atom stereocenters. The van der Waals surface area contributed by atoms with Crippen LogP contribution in [0.4, 0.5) is 5.69 Å². The molecule has 1 aromatic carbocycles. The topological polar surface area (TPSA) is 37.3 Å². The van der Waals surface area contributed by atoms with E-state index < -0.39 is 0 Å². The van der Waals surface area contributed by atoms with Crippen molar-refractivity contribution >= 4 is 34.4 Å². The second-order valence-electron chi connectivity index (χ2n) is 4.95. The zero-order chi connectivity index (χ0) is 13.8. The molecule has 102 valence electrons. The van der Waals surface area contributed by atoms with Gasteiger partial charge in [-0.1, -0.05) is 23.8 Å². The molecule has 0 radical (unpaired) electrons. The summed E-state index contributed by atoms with van der Waals surface area (Å²) in [6, 6.07) is 7.62. The van der Waals surface area contributed by atoms with Crippen molar-refractivity contribution in [3.63, 3.8) is 0 Å². The molecule has 3 nitrogen and oxygen atoms in total. The highest BCUT2D eigenvalue weighted by atomic mass is 35.5. The van der Waals surface area contributed by atoms with E-state index in [4.69, 9.17) is 11.6 Å². The number of pyridine rings is 1. The van der Waals surface area contributed by atoms with Crippen molar-refractivity contribution in [2.75, 3.05) is 5.43 Å². The van der Waals surface area contributed by atoms with Crippen LogP contribution in [0, 0.1) is 5.92 Å². The van der Waals surface area contributed by atoms with E-state index in [1.54, 1.807) is 6.20 Å². The molecule has 1 aliphatic carbocycles. The molecule has 2 aromatic rings. The Kier molecular flexibility index (Phi) is 3.97. The number of rotatable bonds is 3. The van der Waals surface area contributed by atoms with Gasteiger partial charge in [-0.15, -0.1) is 0 Å². The molecule has 4 heteroatoms. The Balaban J connectivity index is 1.77. The van der Waals surface area contributed by atoms with Crippen LogP contribution in [0.3, 0.4) is 0 Å². The number of aromatic nitrogens is 1. The maximum absolute atomic E-state index is 5.98. The van der Waals surface area contributed by atoms with Gasteiger partial charge in [-0.2, -0.15) is 5.10 Å². The maximum atomic E-state index is 5.98.